The average molecular weight is 263 g/mol. The number of nitrogens with zero attached hydrogens (tertiary/aromatic N) is 1. The minimum atomic E-state index is 0.0197. The summed E-state index contributed by atoms with van der Waals surface area (Å²) in [6.45, 7) is 7.64. The van der Waals surface area contributed by atoms with Crippen molar-refractivity contribution in [3.8, 4) is 5.75 Å². The van der Waals surface area contributed by atoms with Gasteiger partial charge in [-0.15, -0.1) is 0 Å². The molecule has 2 rings (SSSR count). The fraction of sp³-hybridized carbons (Fsp3) is 0.533. The van der Waals surface area contributed by atoms with Gasteiger partial charge in [0.15, 0.2) is 0 Å². The van der Waals surface area contributed by atoms with E-state index in [1.54, 1.807) is 0 Å². The van der Waals surface area contributed by atoms with Crippen LogP contribution in [-0.4, -0.2) is 31.8 Å². The third-order valence-corrected chi connectivity index (χ3v) is 3.14. The van der Waals surface area contributed by atoms with Crippen LogP contribution in [0, 0.1) is 6.92 Å². The molecule has 0 spiro atoms. The summed E-state index contributed by atoms with van der Waals surface area (Å²) < 4.78 is 11.0. The molecule has 104 valence electrons. The largest absolute Gasteiger partial charge is 0.487 e. The summed E-state index contributed by atoms with van der Waals surface area (Å²) in [7, 11) is 0. The summed E-state index contributed by atoms with van der Waals surface area (Å²) in [6, 6.07) is 5.93. The van der Waals surface area contributed by atoms with Crippen LogP contribution in [0.2, 0.25) is 0 Å². The molecule has 4 heteroatoms. The minimum Gasteiger partial charge on any atom is -0.487 e. The first-order valence-corrected chi connectivity index (χ1v) is 6.77. The van der Waals surface area contributed by atoms with Gasteiger partial charge in [-0.2, -0.15) is 0 Å². The van der Waals surface area contributed by atoms with Gasteiger partial charge < -0.3 is 14.4 Å². The molecule has 1 aromatic rings. The van der Waals surface area contributed by atoms with Gasteiger partial charge in [-0.25, -0.2) is 0 Å². The lowest BCUT2D eigenvalue weighted by molar-refractivity contribution is -0.120. The summed E-state index contributed by atoms with van der Waals surface area (Å²) >= 11 is 0. The molecule has 1 aromatic carbocycles. The molecule has 0 N–H and O–H groups in total. The zero-order chi connectivity index (χ0) is 13.8. The van der Waals surface area contributed by atoms with E-state index < -0.39 is 0 Å². The van der Waals surface area contributed by atoms with E-state index in [4.69, 9.17) is 9.47 Å². The fourth-order valence-corrected chi connectivity index (χ4v) is 2.22. The van der Waals surface area contributed by atoms with Gasteiger partial charge in [0.05, 0.1) is 25.3 Å². The van der Waals surface area contributed by atoms with Crippen molar-refractivity contribution in [1.82, 2.24) is 0 Å². The summed E-state index contributed by atoms with van der Waals surface area (Å²) in [5.41, 5.74) is 2.00. The highest BCUT2D eigenvalue weighted by molar-refractivity contribution is 5.95. The molecule has 1 unspecified atom stereocenters. The Kier molecular flexibility index (Phi) is 4.43. The Morgan fingerprint density at radius 3 is 3.05 bits per heavy atom. The minimum absolute atomic E-state index is 0.0197. The molecule has 0 saturated heterocycles. The first-order valence-electron chi connectivity index (χ1n) is 6.77. The highest BCUT2D eigenvalue weighted by Gasteiger charge is 2.27. The SMILES string of the molecule is CCOCCC(=O)N1CC(C)Oc2ccc(C)cc21. The maximum atomic E-state index is 12.3. The smallest absolute Gasteiger partial charge is 0.229 e. The number of carbonyl (C=O) groups excluding carboxylic acids is 1. The number of aryl methyl sites for hydroxylation is 1. The predicted octanol–water partition coefficient (Wildman–Crippen LogP) is 2.54. The van der Waals surface area contributed by atoms with Crippen LogP contribution in [0.3, 0.4) is 0 Å². The summed E-state index contributed by atoms with van der Waals surface area (Å²) in [4.78, 5) is 14.1. The average Bonchev–Trinajstić information content (AvgIpc) is 2.38. The Hall–Kier alpha value is -1.55. The van der Waals surface area contributed by atoms with Crippen LogP contribution in [0.1, 0.15) is 25.8 Å². The number of amides is 1. The topological polar surface area (TPSA) is 38.8 Å². The Labute approximate surface area is 114 Å². The maximum Gasteiger partial charge on any atom is 0.229 e. The molecule has 0 saturated carbocycles. The van der Waals surface area contributed by atoms with Crippen molar-refractivity contribution in [2.45, 2.75) is 33.3 Å². The zero-order valence-corrected chi connectivity index (χ0v) is 11.8. The molecule has 0 bridgehead atoms. The molecule has 0 aliphatic carbocycles. The third-order valence-electron chi connectivity index (χ3n) is 3.14. The fourth-order valence-electron chi connectivity index (χ4n) is 2.22. The van der Waals surface area contributed by atoms with Crippen molar-refractivity contribution in [2.24, 2.45) is 0 Å². The van der Waals surface area contributed by atoms with E-state index in [0.29, 0.717) is 26.2 Å². The van der Waals surface area contributed by atoms with Gasteiger partial charge in [0.1, 0.15) is 11.9 Å². The molecule has 0 radical (unpaired) electrons. The molecule has 1 amide bonds. The van der Waals surface area contributed by atoms with Crippen molar-refractivity contribution in [1.29, 1.82) is 0 Å². The van der Waals surface area contributed by atoms with E-state index in [9.17, 15) is 4.79 Å². The molecule has 1 aliphatic rings. The Bertz CT molecular complexity index is 459. The monoisotopic (exact) mass is 263 g/mol. The van der Waals surface area contributed by atoms with E-state index in [-0.39, 0.29) is 12.0 Å². The molecule has 4 nitrogen and oxygen atoms in total. The second-order valence-corrected chi connectivity index (χ2v) is 4.85. The second kappa shape index (κ2) is 6.06. The Morgan fingerprint density at radius 1 is 1.53 bits per heavy atom. The van der Waals surface area contributed by atoms with Crippen molar-refractivity contribution in [2.75, 3.05) is 24.7 Å². The van der Waals surface area contributed by atoms with Crippen molar-refractivity contribution >= 4 is 11.6 Å². The summed E-state index contributed by atoms with van der Waals surface area (Å²) in [5, 5.41) is 0. The number of hydrogen-bond donors (Lipinski definition) is 0. The normalized spacial score (nSPS) is 17.8. The number of hydrogen-bond acceptors (Lipinski definition) is 3. The van der Waals surface area contributed by atoms with E-state index >= 15 is 0 Å². The quantitative estimate of drug-likeness (QED) is 0.784. The molecule has 1 heterocycles. The van der Waals surface area contributed by atoms with Gasteiger partial charge in [-0.1, -0.05) is 6.07 Å². The first kappa shape index (κ1) is 13.9. The van der Waals surface area contributed by atoms with Crippen molar-refractivity contribution < 1.29 is 14.3 Å². The van der Waals surface area contributed by atoms with Crippen LogP contribution < -0.4 is 9.64 Å². The van der Waals surface area contributed by atoms with E-state index in [2.05, 4.69) is 0 Å². The lowest BCUT2D eigenvalue weighted by Gasteiger charge is -2.33. The number of carbonyl (C=O) groups is 1. The number of benzene rings is 1. The third kappa shape index (κ3) is 3.26. The van der Waals surface area contributed by atoms with Crippen LogP contribution in [0.25, 0.3) is 0 Å². The van der Waals surface area contributed by atoms with Crippen LogP contribution in [0.15, 0.2) is 18.2 Å². The van der Waals surface area contributed by atoms with Gasteiger partial charge >= 0.3 is 0 Å². The first-order chi connectivity index (χ1) is 9.11. The standard InChI is InChI=1S/C15H21NO3/c1-4-18-8-7-15(17)16-10-12(3)19-14-6-5-11(2)9-13(14)16/h5-6,9,12H,4,7-8,10H2,1-3H3. The number of ether oxygens (including phenoxy) is 2. The predicted molar refractivity (Wildman–Crippen MR) is 74.7 cm³/mol. The molecule has 0 fully saturated rings. The molecular formula is C15H21NO3. The number of anilines is 1. The van der Waals surface area contributed by atoms with Gasteiger partial charge in [0.25, 0.3) is 0 Å². The highest BCUT2D eigenvalue weighted by atomic mass is 16.5. The van der Waals surface area contributed by atoms with Gasteiger partial charge in [0.2, 0.25) is 5.91 Å². The van der Waals surface area contributed by atoms with Crippen LogP contribution in [0.5, 0.6) is 5.75 Å². The van der Waals surface area contributed by atoms with Crippen LogP contribution in [-0.2, 0) is 9.53 Å². The Balaban J connectivity index is 2.17. The van der Waals surface area contributed by atoms with E-state index in [0.717, 1.165) is 17.0 Å². The van der Waals surface area contributed by atoms with Crippen molar-refractivity contribution in [3.05, 3.63) is 23.8 Å². The van der Waals surface area contributed by atoms with Gasteiger partial charge in [-0.05, 0) is 38.5 Å². The van der Waals surface area contributed by atoms with Crippen molar-refractivity contribution in [3.63, 3.8) is 0 Å². The lowest BCUT2D eigenvalue weighted by atomic mass is 10.1. The molecule has 1 aliphatic heterocycles. The lowest BCUT2D eigenvalue weighted by Crippen LogP contribution is -2.42. The van der Waals surface area contributed by atoms with E-state index in [1.807, 2.05) is 43.9 Å². The summed E-state index contributed by atoms with van der Waals surface area (Å²) in [5.74, 6) is 0.879. The summed E-state index contributed by atoms with van der Waals surface area (Å²) in [6.07, 6.45) is 0.430. The highest BCUT2D eigenvalue weighted by Crippen LogP contribution is 2.34. The van der Waals surface area contributed by atoms with Gasteiger partial charge in [-0.3, -0.25) is 4.79 Å². The second-order valence-electron chi connectivity index (χ2n) is 4.85. The van der Waals surface area contributed by atoms with Crippen LogP contribution in [0.4, 0.5) is 5.69 Å². The molecule has 19 heavy (non-hydrogen) atoms. The molecule has 0 aromatic heterocycles. The van der Waals surface area contributed by atoms with Crippen LogP contribution >= 0.6 is 0 Å². The number of rotatable bonds is 4. The van der Waals surface area contributed by atoms with E-state index in [1.165, 1.54) is 0 Å². The maximum absolute atomic E-state index is 12.3. The van der Waals surface area contributed by atoms with Gasteiger partial charge in [0, 0.05) is 6.61 Å². The molecule has 1 atom stereocenters. The molecular weight excluding hydrogens is 242 g/mol. The zero-order valence-electron chi connectivity index (χ0n) is 11.8. The Morgan fingerprint density at radius 2 is 2.32 bits per heavy atom. The number of fused-ring (bicyclic) bond motifs is 1.